The molecule has 0 bridgehead atoms. The highest BCUT2D eigenvalue weighted by atomic mass is 16.5. The van der Waals surface area contributed by atoms with Gasteiger partial charge in [0.25, 0.3) is 0 Å². The first-order valence-corrected chi connectivity index (χ1v) is 6.20. The Hall–Kier alpha value is -0.610. The fraction of sp³-hybridized carbons (Fsp3) is 0.917. The molecule has 0 aromatic carbocycles. The molecular formula is C12H23NO3. The molecule has 1 aliphatic rings. The molecule has 1 fully saturated rings. The second-order valence-corrected chi connectivity index (χ2v) is 4.44. The summed E-state index contributed by atoms with van der Waals surface area (Å²) in [6.45, 7) is 1.71. The maximum absolute atomic E-state index is 11.7. The van der Waals surface area contributed by atoms with Gasteiger partial charge in [0, 0.05) is 33.2 Å². The zero-order valence-corrected chi connectivity index (χ0v) is 10.2. The van der Waals surface area contributed by atoms with Gasteiger partial charge in [0.05, 0.1) is 6.10 Å². The second kappa shape index (κ2) is 7.63. The summed E-state index contributed by atoms with van der Waals surface area (Å²) in [5.74, 6) is 0.155. The first-order valence-electron chi connectivity index (χ1n) is 6.20. The molecule has 1 unspecified atom stereocenters. The molecule has 16 heavy (non-hydrogen) atoms. The lowest BCUT2D eigenvalue weighted by molar-refractivity contribution is -0.132. The molecule has 1 rings (SSSR count). The maximum atomic E-state index is 11.7. The molecule has 1 aliphatic heterocycles. The molecule has 1 N–H and O–H groups in total. The molecule has 1 heterocycles. The van der Waals surface area contributed by atoms with Crippen LogP contribution in [-0.4, -0.2) is 48.8 Å². The van der Waals surface area contributed by atoms with Gasteiger partial charge in [-0.25, -0.2) is 0 Å². The van der Waals surface area contributed by atoms with Crippen LogP contribution in [-0.2, 0) is 9.53 Å². The number of nitrogens with zero attached hydrogens (tertiary/aromatic N) is 1. The summed E-state index contributed by atoms with van der Waals surface area (Å²) in [7, 11) is 1.83. The molecule has 94 valence electrons. The van der Waals surface area contributed by atoms with Crippen molar-refractivity contribution in [2.45, 2.75) is 44.6 Å². The lowest BCUT2D eigenvalue weighted by atomic mass is 10.1. The minimum atomic E-state index is 0.155. The largest absolute Gasteiger partial charge is 0.396 e. The van der Waals surface area contributed by atoms with Crippen molar-refractivity contribution < 1.29 is 14.6 Å². The van der Waals surface area contributed by atoms with Crippen LogP contribution in [0.5, 0.6) is 0 Å². The van der Waals surface area contributed by atoms with Crippen molar-refractivity contribution in [2.75, 3.05) is 26.8 Å². The summed E-state index contributed by atoms with van der Waals surface area (Å²) in [6, 6.07) is 0. The van der Waals surface area contributed by atoms with Crippen LogP contribution < -0.4 is 0 Å². The van der Waals surface area contributed by atoms with Gasteiger partial charge in [0.1, 0.15) is 0 Å². The van der Waals surface area contributed by atoms with Gasteiger partial charge in [-0.15, -0.1) is 0 Å². The van der Waals surface area contributed by atoms with E-state index in [2.05, 4.69) is 0 Å². The summed E-state index contributed by atoms with van der Waals surface area (Å²) in [5.41, 5.74) is 0. The quantitative estimate of drug-likeness (QED) is 0.696. The summed E-state index contributed by atoms with van der Waals surface area (Å²) in [4.78, 5) is 13.4. The number of likely N-dealkylation sites (N-methyl/N-ethyl adjacent to an activating group) is 1. The number of aliphatic hydroxyl groups excluding tert-OH is 1. The molecule has 4 nitrogen and oxygen atoms in total. The van der Waals surface area contributed by atoms with Crippen LogP contribution in [0.15, 0.2) is 0 Å². The Morgan fingerprint density at radius 1 is 1.44 bits per heavy atom. The third-order valence-electron chi connectivity index (χ3n) is 2.98. The van der Waals surface area contributed by atoms with Crippen molar-refractivity contribution in [3.05, 3.63) is 0 Å². The highest BCUT2D eigenvalue weighted by molar-refractivity contribution is 5.75. The van der Waals surface area contributed by atoms with Gasteiger partial charge in [-0.05, 0) is 32.1 Å². The zero-order valence-electron chi connectivity index (χ0n) is 10.2. The molecule has 0 aromatic heterocycles. The lowest BCUT2D eigenvalue weighted by Crippen LogP contribution is -2.37. The van der Waals surface area contributed by atoms with Gasteiger partial charge in [-0.1, -0.05) is 0 Å². The van der Waals surface area contributed by atoms with Crippen LogP contribution in [0.2, 0.25) is 0 Å². The summed E-state index contributed by atoms with van der Waals surface area (Å²) < 4.78 is 5.59. The summed E-state index contributed by atoms with van der Waals surface area (Å²) in [5, 5.41) is 8.63. The average Bonchev–Trinajstić information content (AvgIpc) is 2.30. The Balaban J connectivity index is 2.16. The molecule has 1 saturated heterocycles. The van der Waals surface area contributed by atoms with E-state index in [9.17, 15) is 4.79 Å². The van der Waals surface area contributed by atoms with Crippen molar-refractivity contribution >= 4 is 5.91 Å². The number of ether oxygens (including phenoxy) is 1. The van der Waals surface area contributed by atoms with Gasteiger partial charge in [-0.2, -0.15) is 0 Å². The minimum absolute atomic E-state index is 0.155. The molecule has 0 spiro atoms. The van der Waals surface area contributed by atoms with E-state index in [1.807, 2.05) is 7.05 Å². The van der Waals surface area contributed by atoms with Crippen molar-refractivity contribution in [3.63, 3.8) is 0 Å². The maximum Gasteiger partial charge on any atom is 0.222 e. The number of hydrogen-bond donors (Lipinski definition) is 1. The number of unbranched alkanes of at least 4 members (excludes halogenated alkanes) is 1. The normalized spacial score (nSPS) is 20.8. The highest BCUT2D eigenvalue weighted by Gasteiger charge is 2.18. The Morgan fingerprint density at radius 2 is 2.25 bits per heavy atom. The van der Waals surface area contributed by atoms with E-state index in [1.165, 1.54) is 6.42 Å². The van der Waals surface area contributed by atoms with Gasteiger partial charge in [0.15, 0.2) is 0 Å². The first-order chi connectivity index (χ1) is 7.74. The van der Waals surface area contributed by atoms with Gasteiger partial charge >= 0.3 is 0 Å². The monoisotopic (exact) mass is 229 g/mol. The Kier molecular flexibility index (Phi) is 6.42. The second-order valence-electron chi connectivity index (χ2n) is 4.44. The van der Waals surface area contributed by atoms with Crippen molar-refractivity contribution in [3.8, 4) is 0 Å². The molecule has 0 radical (unpaired) electrons. The Labute approximate surface area is 97.6 Å². The SMILES string of the molecule is CN(CC1CCCCO1)C(=O)CCCCO. The van der Waals surface area contributed by atoms with E-state index >= 15 is 0 Å². The van der Waals surface area contributed by atoms with Gasteiger partial charge in [-0.3, -0.25) is 4.79 Å². The van der Waals surface area contributed by atoms with Crippen LogP contribution >= 0.6 is 0 Å². The van der Waals surface area contributed by atoms with E-state index in [-0.39, 0.29) is 18.6 Å². The van der Waals surface area contributed by atoms with Crippen LogP contribution in [0.25, 0.3) is 0 Å². The minimum Gasteiger partial charge on any atom is -0.396 e. The van der Waals surface area contributed by atoms with Crippen LogP contribution in [0.4, 0.5) is 0 Å². The predicted octanol–water partition coefficient (Wildman–Crippen LogP) is 1.18. The molecule has 0 aliphatic carbocycles. The molecule has 0 aromatic rings. The van der Waals surface area contributed by atoms with E-state index in [0.29, 0.717) is 19.4 Å². The zero-order chi connectivity index (χ0) is 11.8. The fourth-order valence-corrected chi connectivity index (χ4v) is 1.94. The number of carbonyl (C=O) groups is 1. The van der Waals surface area contributed by atoms with Crippen molar-refractivity contribution in [2.24, 2.45) is 0 Å². The van der Waals surface area contributed by atoms with Crippen LogP contribution in [0.1, 0.15) is 38.5 Å². The Bertz CT molecular complexity index is 202. The molecule has 1 atom stereocenters. The van der Waals surface area contributed by atoms with Crippen molar-refractivity contribution in [1.82, 2.24) is 4.90 Å². The number of carbonyl (C=O) groups excluding carboxylic acids is 1. The topological polar surface area (TPSA) is 49.8 Å². The Morgan fingerprint density at radius 3 is 2.88 bits per heavy atom. The molecular weight excluding hydrogens is 206 g/mol. The third-order valence-corrected chi connectivity index (χ3v) is 2.98. The number of rotatable bonds is 6. The molecule has 4 heteroatoms. The molecule has 1 amide bonds. The van der Waals surface area contributed by atoms with Crippen LogP contribution in [0.3, 0.4) is 0 Å². The fourth-order valence-electron chi connectivity index (χ4n) is 1.94. The van der Waals surface area contributed by atoms with Gasteiger partial charge in [0.2, 0.25) is 5.91 Å². The number of amides is 1. The third kappa shape index (κ3) is 4.94. The lowest BCUT2D eigenvalue weighted by Gasteiger charge is -2.27. The predicted molar refractivity (Wildman–Crippen MR) is 62.2 cm³/mol. The van der Waals surface area contributed by atoms with E-state index in [1.54, 1.807) is 4.90 Å². The standard InChI is InChI=1S/C12H23NO3/c1-13(12(15)7-2-4-8-14)10-11-6-3-5-9-16-11/h11,14H,2-10H2,1H3. The van der Waals surface area contributed by atoms with Gasteiger partial charge < -0.3 is 14.7 Å². The smallest absolute Gasteiger partial charge is 0.222 e. The summed E-state index contributed by atoms with van der Waals surface area (Å²) in [6.07, 6.45) is 5.64. The van der Waals surface area contributed by atoms with E-state index in [4.69, 9.17) is 9.84 Å². The molecule has 0 saturated carbocycles. The van der Waals surface area contributed by atoms with E-state index in [0.717, 1.165) is 25.9 Å². The first kappa shape index (κ1) is 13.5. The van der Waals surface area contributed by atoms with Crippen molar-refractivity contribution in [1.29, 1.82) is 0 Å². The average molecular weight is 229 g/mol. The van der Waals surface area contributed by atoms with Crippen LogP contribution in [0, 0.1) is 0 Å². The highest BCUT2D eigenvalue weighted by Crippen LogP contribution is 2.13. The number of aliphatic hydroxyl groups is 1. The van der Waals surface area contributed by atoms with E-state index < -0.39 is 0 Å². The summed E-state index contributed by atoms with van der Waals surface area (Å²) >= 11 is 0. The number of hydrogen-bond acceptors (Lipinski definition) is 3.